The van der Waals surface area contributed by atoms with Gasteiger partial charge in [0.1, 0.15) is 0 Å². The van der Waals surface area contributed by atoms with E-state index in [1.165, 1.54) is 0 Å². The molecule has 2 heteroatoms. The minimum atomic E-state index is 0.613. The second-order valence-electron chi connectivity index (χ2n) is 1.53. The minimum Gasteiger partial charge on any atom is -0.305 e. The van der Waals surface area contributed by atoms with Crippen LogP contribution in [0.1, 0.15) is 19.3 Å². The molecule has 0 saturated carbocycles. The summed E-state index contributed by atoms with van der Waals surface area (Å²) in [6.07, 6.45) is 7.78. The summed E-state index contributed by atoms with van der Waals surface area (Å²) in [6, 6.07) is 0. The third-order valence-corrected chi connectivity index (χ3v) is 0.833. The summed E-state index contributed by atoms with van der Waals surface area (Å²) in [5.74, 6) is 7.29. The Morgan fingerprint density at radius 3 is 2.75 bits per heavy atom. The van der Waals surface area contributed by atoms with Gasteiger partial charge in [-0.05, 0) is 12.8 Å². The highest BCUT2D eigenvalue weighted by Gasteiger charge is 1.82. The Bertz CT molecular complexity index is 75.1. The van der Waals surface area contributed by atoms with Crippen LogP contribution in [-0.4, -0.2) is 6.61 Å². The molecule has 0 unspecified atom stereocenters. The molecule has 0 aliphatic carbocycles. The maximum Gasteiger partial charge on any atom is 0.0679 e. The zero-order valence-corrected chi connectivity index (χ0v) is 4.89. The van der Waals surface area contributed by atoms with E-state index in [0.717, 1.165) is 19.3 Å². The quantitative estimate of drug-likeness (QED) is 0.330. The fourth-order valence-electron chi connectivity index (χ4n) is 0.412. The van der Waals surface area contributed by atoms with Crippen molar-refractivity contribution in [3.05, 3.63) is 0 Å². The number of hydrogen-bond donors (Lipinski definition) is 1. The third-order valence-electron chi connectivity index (χ3n) is 0.833. The standard InChI is InChI=1S/C6H11NO/c1-2-3-4-5-6-8-7/h1H,3-7H2. The molecule has 0 radical (unpaired) electrons. The Kier molecular flexibility index (Phi) is 6.06. The summed E-state index contributed by atoms with van der Waals surface area (Å²) in [6.45, 7) is 0.613. The van der Waals surface area contributed by atoms with Crippen molar-refractivity contribution in [1.29, 1.82) is 0 Å². The first kappa shape index (κ1) is 7.48. The predicted octanol–water partition coefficient (Wildman–Crippen LogP) is 0.680. The van der Waals surface area contributed by atoms with Gasteiger partial charge in [0.05, 0.1) is 6.61 Å². The maximum absolute atomic E-state index is 4.99. The van der Waals surface area contributed by atoms with E-state index >= 15 is 0 Å². The lowest BCUT2D eigenvalue weighted by Crippen LogP contribution is -1.99. The average Bonchev–Trinajstić information content (AvgIpc) is 1.81. The number of rotatable bonds is 4. The molecule has 0 heterocycles. The Morgan fingerprint density at radius 1 is 1.50 bits per heavy atom. The van der Waals surface area contributed by atoms with Crippen LogP contribution in [0.5, 0.6) is 0 Å². The fraction of sp³-hybridized carbons (Fsp3) is 0.667. The van der Waals surface area contributed by atoms with Crippen molar-refractivity contribution in [2.24, 2.45) is 5.90 Å². The molecule has 0 aliphatic heterocycles. The zero-order valence-electron chi connectivity index (χ0n) is 4.89. The topological polar surface area (TPSA) is 35.2 Å². The second kappa shape index (κ2) is 6.48. The van der Waals surface area contributed by atoms with Crippen LogP contribution in [-0.2, 0) is 4.84 Å². The molecule has 0 atom stereocenters. The van der Waals surface area contributed by atoms with Crippen molar-refractivity contribution in [1.82, 2.24) is 0 Å². The van der Waals surface area contributed by atoms with Gasteiger partial charge in [-0.15, -0.1) is 12.3 Å². The van der Waals surface area contributed by atoms with Crippen LogP contribution in [0.25, 0.3) is 0 Å². The average molecular weight is 113 g/mol. The summed E-state index contributed by atoms with van der Waals surface area (Å²) >= 11 is 0. The SMILES string of the molecule is C#CCCCCON. The third kappa shape index (κ3) is 5.48. The highest BCUT2D eigenvalue weighted by Crippen LogP contribution is 1.91. The van der Waals surface area contributed by atoms with E-state index in [1.54, 1.807) is 0 Å². The number of unbranched alkanes of at least 4 members (excludes halogenated alkanes) is 2. The lowest BCUT2D eigenvalue weighted by Gasteiger charge is -1.92. The first-order valence-corrected chi connectivity index (χ1v) is 2.67. The number of hydrogen-bond acceptors (Lipinski definition) is 2. The molecule has 0 amide bonds. The summed E-state index contributed by atoms with van der Waals surface area (Å²) in [7, 11) is 0. The Hall–Kier alpha value is -0.520. The van der Waals surface area contributed by atoms with Crippen LogP contribution in [0.15, 0.2) is 0 Å². The normalized spacial score (nSPS) is 8.50. The fourth-order valence-corrected chi connectivity index (χ4v) is 0.412. The highest BCUT2D eigenvalue weighted by molar-refractivity contribution is 4.82. The summed E-state index contributed by atoms with van der Waals surface area (Å²) in [5, 5.41) is 0. The molecule has 0 aromatic rings. The molecule has 0 aromatic carbocycles. The summed E-state index contributed by atoms with van der Waals surface area (Å²) in [5.41, 5.74) is 0. The molecule has 0 spiro atoms. The molecular formula is C6H11NO. The molecular weight excluding hydrogens is 102 g/mol. The van der Waals surface area contributed by atoms with E-state index in [2.05, 4.69) is 10.8 Å². The highest BCUT2D eigenvalue weighted by atomic mass is 16.6. The molecule has 0 aliphatic rings. The second-order valence-corrected chi connectivity index (χ2v) is 1.53. The summed E-state index contributed by atoms with van der Waals surface area (Å²) in [4.78, 5) is 4.32. The van der Waals surface area contributed by atoms with E-state index in [1.807, 2.05) is 0 Å². The predicted molar refractivity (Wildman–Crippen MR) is 32.8 cm³/mol. The molecule has 46 valence electrons. The molecule has 0 bridgehead atoms. The van der Waals surface area contributed by atoms with Gasteiger partial charge < -0.3 is 4.84 Å². The van der Waals surface area contributed by atoms with Crippen LogP contribution in [0, 0.1) is 12.3 Å². The van der Waals surface area contributed by atoms with Gasteiger partial charge >= 0.3 is 0 Å². The van der Waals surface area contributed by atoms with Gasteiger partial charge in [0.25, 0.3) is 0 Å². The van der Waals surface area contributed by atoms with Gasteiger partial charge in [0, 0.05) is 6.42 Å². The van der Waals surface area contributed by atoms with Gasteiger partial charge in [-0.25, -0.2) is 5.90 Å². The van der Waals surface area contributed by atoms with Crippen molar-refractivity contribution in [3.8, 4) is 12.3 Å². The number of nitrogens with two attached hydrogens (primary N) is 1. The molecule has 2 nitrogen and oxygen atoms in total. The van der Waals surface area contributed by atoms with Crippen LogP contribution in [0.3, 0.4) is 0 Å². The monoisotopic (exact) mass is 113 g/mol. The minimum absolute atomic E-state index is 0.613. The van der Waals surface area contributed by atoms with Crippen molar-refractivity contribution in [2.45, 2.75) is 19.3 Å². The first-order valence-electron chi connectivity index (χ1n) is 2.67. The van der Waals surface area contributed by atoms with E-state index in [9.17, 15) is 0 Å². The Balaban J connectivity index is 2.65. The van der Waals surface area contributed by atoms with Gasteiger partial charge in [0.2, 0.25) is 0 Å². The first-order chi connectivity index (χ1) is 3.91. The van der Waals surface area contributed by atoms with Gasteiger partial charge in [-0.3, -0.25) is 0 Å². The molecule has 8 heavy (non-hydrogen) atoms. The van der Waals surface area contributed by atoms with Crippen molar-refractivity contribution >= 4 is 0 Å². The number of terminal acetylenes is 1. The van der Waals surface area contributed by atoms with E-state index in [4.69, 9.17) is 12.3 Å². The Labute approximate surface area is 50.0 Å². The van der Waals surface area contributed by atoms with Gasteiger partial charge in [0.15, 0.2) is 0 Å². The summed E-state index contributed by atoms with van der Waals surface area (Å²) < 4.78 is 0. The van der Waals surface area contributed by atoms with Gasteiger partial charge in [-0.1, -0.05) is 0 Å². The van der Waals surface area contributed by atoms with E-state index in [-0.39, 0.29) is 0 Å². The van der Waals surface area contributed by atoms with Crippen LogP contribution < -0.4 is 5.90 Å². The molecule has 0 aromatic heterocycles. The van der Waals surface area contributed by atoms with Crippen molar-refractivity contribution in [2.75, 3.05) is 6.61 Å². The largest absolute Gasteiger partial charge is 0.305 e. The molecule has 0 fully saturated rings. The van der Waals surface area contributed by atoms with Crippen LogP contribution in [0.4, 0.5) is 0 Å². The lowest BCUT2D eigenvalue weighted by molar-refractivity contribution is 0.134. The van der Waals surface area contributed by atoms with Crippen LogP contribution in [0.2, 0.25) is 0 Å². The lowest BCUT2D eigenvalue weighted by atomic mass is 10.2. The van der Waals surface area contributed by atoms with Gasteiger partial charge in [-0.2, -0.15) is 0 Å². The van der Waals surface area contributed by atoms with Crippen molar-refractivity contribution < 1.29 is 4.84 Å². The van der Waals surface area contributed by atoms with Crippen LogP contribution >= 0.6 is 0 Å². The zero-order chi connectivity index (χ0) is 6.24. The smallest absolute Gasteiger partial charge is 0.0679 e. The van der Waals surface area contributed by atoms with Crippen molar-refractivity contribution in [3.63, 3.8) is 0 Å². The molecule has 0 rings (SSSR count). The maximum atomic E-state index is 4.99. The Morgan fingerprint density at radius 2 is 2.25 bits per heavy atom. The van der Waals surface area contributed by atoms with E-state index in [0.29, 0.717) is 6.61 Å². The molecule has 2 N–H and O–H groups in total. The molecule has 0 saturated heterocycles. The van der Waals surface area contributed by atoms with E-state index < -0.39 is 0 Å².